The van der Waals surface area contributed by atoms with Crippen LogP contribution >= 0.6 is 0 Å². The van der Waals surface area contributed by atoms with Gasteiger partial charge in [0.05, 0.1) is 12.2 Å². The predicted molar refractivity (Wildman–Crippen MR) is 184 cm³/mol. The molecule has 3 atom stereocenters. The van der Waals surface area contributed by atoms with Crippen LogP contribution in [0.5, 0.6) is 0 Å². The van der Waals surface area contributed by atoms with Crippen molar-refractivity contribution in [2.45, 2.75) is 114 Å². The van der Waals surface area contributed by atoms with Gasteiger partial charge in [-0.3, -0.25) is 0 Å². The average molecular weight is 571 g/mol. The highest BCUT2D eigenvalue weighted by Crippen LogP contribution is 2.41. The van der Waals surface area contributed by atoms with E-state index in [-0.39, 0.29) is 29.0 Å². The van der Waals surface area contributed by atoms with Gasteiger partial charge in [0.25, 0.3) is 0 Å². The van der Waals surface area contributed by atoms with Crippen molar-refractivity contribution in [1.82, 2.24) is 0 Å². The first-order chi connectivity index (χ1) is 19.6. The Morgan fingerprint density at radius 1 is 0.810 bits per heavy atom. The normalized spacial score (nSPS) is 26.4. The smallest absolute Gasteiger partial charge is 0.0608 e. The van der Waals surface area contributed by atoms with E-state index in [9.17, 15) is 10.2 Å². The first kappa shape index (κ1) is 35.5. The van der Waals surface area contributed by atoms with E-state index in [4.69, 9.17) is 0 Å². The fraction of sp³-hybridized carbons (Fsp3) is 0.500. The minimum Gasteiger partial charge on any atom is -0.393 e. The number of hydrogen-bond acceptors (Lipinski definition) is 2. The van der Waals surface area contributed by atoms with Crippen molar-refractivity contribution in [3.05, 3.63) is 118 Å². The molecule has 2 heteroatoms. The van der Waals surface area contributed by atoms with Gasteiger partial charge in [-0.1, -0.05) is 141 Å². The maximum absolute atomic E-state index is 10.2. The van der Waals surface area contributed by atoms with Gasteiger partial charge < -0.3 is 10.2 Å². The summed E-state index contributed by atoms with van der Waals surface area (Å²) in [6.07, 6.45) is 32.4. The van der Waals surface area contributed by atoms with Crippen molar-refractivity contribution in [2.75, 3.05) is 0 Å². The van der Waals surface area contributed by atoms with Gasteiger partial charge in [0.15, 0.2) is 0 Å². The second-order valence-electron chi connectivity index (χ2n) is 14.0. The Balaban J connectivity index is 1.84. The summed E-state index contributed by atoms with van der Waals surface area (Å²) in [7, 11) is 0. The van der Waals surface area contributed by atoms with Crippen LogP contribution in [0.1, 0.15) is 101 Å². The summed E-state index contributed by atoms with van der Waals surface area (Å²) in [5.41, 5.74) is 9.07. The Labute approximate surface area is 258 Å². The molecule has 0 bridgehead atoms. The molecule has 0 fully saturated rings. The molecule has 0 unspecified atom stereocenters. The predicted octanol–water partition coefficient (Wildman–Crippen LogP) is 10.6. The van der Waals surface area contributed by atoms with E-state index < -0.39 is 0 Å². The summed E-state index contributed by atoms with van der Waals surface area (Å²) in [6.45, 7) is 21.7. The quantitative estimate of drug-likeness (QED) is 0.243. The Hall–Kier alpha value is -2.68. The molecular formula is C40H58O2. The first-order valence-corrected chi connectivity index (χ1v) is 15.8. The van der Waals surface area contributed by atoms with Crippen LogP contribution in [0.2, 0.25) is 0 Å². The van der Waals surface area contributed by atoms with Crippen molar-refractivity contribution in [3.8, 4) is 0 Å². The third kappa shape index (κ3) is 11.9. The van der Waals surface area contributed by atoms with Gasteiger partial charge in [-0.2, -0.15) is 0 Å². The maximum atomic E-state index is 10.2. The van der Waals surface area contributed by atoms with E-state index in [0.29, 0.717) is 0 Å². The van der Waals surface area contributed by atoms with Gasteiger partial charge in [-0.15, -0.1) is 0 Å². The van der Waals surface area contributed by atoms with E-state index >= 15 is 0 Å². The first-order valence-electron chi connectivity index (χ1n) is 15.8. The largest absolute Gasteiger partial charge is 0.393 e. The van der Waals surface area contributed by atoms with Crippen molar-refractivity contribution >= 4 is 0 Å². The van der Waals surface area contributed by atoms with Crippen LogP contribution in [0.3, 0.4) is 0 Å². The summed E-state index contributed by atoms with van der Waals surface area (Å²) in [5.74, 6) is 0.203. The second-order valence-corrected chi connectivity index (χ2v) is 14.0. The van der Waals surface area contributed by atoms with Crippen LogP contribution in [0.4, 0.5) is 0 Å². The van der Waals surface area contributed by atoms with E-state index in [1.165, 1.54) is 39.0 Å². The van der Waals surface area contributed by atoms with Crippen molar-refractivity contribution in [3.63, 3.8) is 0 Å². The van der Waals surface area contributed by atoms with Gasteiger partial charge >= 0.3 is 0 Å². The standard InChI is InChI=1S/C40H58O2/c1-29(17-13-19-31(3)21-23-35-25-34(6)38(42)28-39(35,7)8)15-11-12-16-30(2)18-14-20-32(4)22-24-37-33(5)26-36(41)27-40(37,9)10/h11-13,15-17,19-25,34,36,38,41-42H,14,18,26-28H2,1-10H3/b12-11+,17-13+,23-21+,24-22+,29-15+,30-16+,31-19+,32-20+/t34-,36-,38+/m0/s1. The number of rotatable bonds is 11. The fourth-order valence-corrected chi connectivity index (χ4v) is 5.91. The monoisotopic (exact) mass is 570 g/mol. The maximum Gasteiger partial charge on any atom is 0.0608 e. The number of allylic oxidation sites excluding steroid dienone is 18. The molecule has 42 heavy (non-hydrogen) atoms. The fourth-order valence-electron chi connectivity index (χ4n) is 5.91. The second kappa shape index (κ2) is 16.2. The number of hydrogen-bond donors (Lipinski definition) is 2. The lowest BCUT2D eigenvalue weighted by atomic mass is 9.71. The molecule has 0 amide bonds. The molecule has 0 aromatic rings. The van der Waals surface area contributed by atoms with Crippen molar-refractivity contribution in [2.24, 2.45) is 16.7 Å². The van der Waals surface area contributed by atoms with Crippen LogP contribution in [-0.4, -0.2) is 22.4 Å². The minimum atomic E-state index is -0.251. The molecule has 0 heterocycles. The Morgan fingerprint density at radius 2 is 1.43 bits per heavy atom. The summed E-state index contributed by atoms with van der Waals surface area (Å²) in [6, 6.07) is 0. The van der Waals surface area contributed by atoms with Crippen LogP contribution in [0.15, 0.2) is 118 Å². The molecule has 0 aromatic carbocycles. The van der Waals surface area contributed by atoms with Crippen molar-refractivity contribution in [1.29, 1.82) is 0 Å². The van der Waals surface area contributed by atoms with Crippen molar-refractivity contribution < 1.29 is 10.2 Å². The Kier molecular flexibility index (Phi) is 13.7. The Bertz CT molecular complexity index is 1230. The van der Waals surface area contributed by atoms with Crippen LogP contribution < -0.4 is 0 Å². The molecule has 0 spiro atoms. The molecule has 2 N–H and O–H groups in total. The van der Waals surface area contributed by atoms with Crippen LogP contribution in [-0.2, 0) is 0 Å². The molecule has 230 valence electrons. The highest BCUT2D eigenvalue weighted by molar-refractivity contribution is 5.37. The van der Waals surface area contributed by atoms with Gasteiger partial charge in [-0.05, 0) is 88.7 Å². The molecule has 2 aliphatic rings. The zero-order valence-electron chi connectivity index (χ0n) is 28.2. The summed E-state index contributed by atoms with van der Waals surface area (Å²) < 4.78 is 0. The molecule has 0 aliphatic heterocycles. The molecule has 0 radical (unpaired) electrons. The van der Waals surface area contributed by atoms with E-state index in [0.717, 1.165) is 32.1 Å². The summed E-state index contributed by atoms with van der Waals surface area (Å²) >= 11 is 0. The van der Waals surface area contributed by atoms with Gasteiger partial charge in [0.2, 0.25) is 0 Å². The molecule has 0 saturated heterocycles. The zero-order chi connectivity index (χ0) is 31.5. The third-order valence-corrected chi connectivity index (χ3v) is 8.64. The lowest BCUT2D eigenvalue weighted by Crippen LogP contribution is -2.31. The molecule has 0 aromatic heterocycles. The molecule has 2 nitrogen and oxygen atoms in total. The molecule has 0 saturated carbocycles. The lowest BCUT2D eigenvalue weighted by molar-refractivity contribution is 0.0847. The van der Waals surface area contributed by atoms with E-state index in [1.807, 2.05) is 0 Å². The SMILES string of the molecule is CC1=C(/C=C/C(C)=C/CC/C(C)=C/C=C/C=C(C)/C=C/C=C(C)/C=C/C2=C[C@H](C)[C@H](O)CC2(C)C)C(C)(C)C[C@@H](O)C1. The van der Waals surface area contributed by atoms with Gasteiger partial charge in [0.1, 0.15) is 0 Å². The third-order valence-electron chi connectivity index (χ3n) is 8.64. The van der Waals surface area contributed by atoms with Crippen LogP contribution in [0.25, 0.3) is 0 Å². The van der Waals surface area contributed by atoms with E-state index in [1.54, 1.807) is 0 Å². The zero-order valence-corrected chi connectivity index (χ0v) is 28.2. The molecular weight excluding hydrogens is 512 g/mol. The van der Waals surface area contributed by atoms with Crippen LogP contribution in [0, 0.1) is 16.7 Å². The highest BCUT2D eigenvalue weighted by Gasteiger charge is 2.32. The molecule has 2 rings (SSSR count). The minimum absolute atomic E-state index is 0.000105. The summed E-state index contributed by atoms with van der Waals surface area (Å²) in [4.78, 5) is 0. The van der Waals surface area contributed by atoms with E-state index in [2.05, 4.69) is 148 Å². The number of aliphatic hydroxyl groups excluding tert-OH is 2. The number of aliphatic hydroxyl groups is 2. The van der Waals surface area contributed by atoms with Gasteiger partial charge in [-0.25, -0.2) is 0 Å². The lowest BCUT2D eigenvalue weighted by Gasteiger charge is -2.36. The highest BCUT2D eigenvalue weighted by atomic mass is 16.3. The molecule has 2 aliphatic carbocycles. The summed E-state index contributed by atoms with van der Waals surface area (Å²) in [5, 5.41) is 20.3. The topological polar surface area (TPSA) is 40.5 Å². The Morgan fingerprint density at radius 3 is 2.12 bits per heavy atom. The average Bonchev–Trinajstić information content (AvgIpc) is 2.86. The van der Waals surface area contributed by atoms with Gasteiger partial charge in [0, 0.05) is 5.92 Å².